The normalized spacial score (nSPS) is 31.9. The zero-order valence-electron chi connectivity index (χ0n) is 61.3. The predicted molar refractivity (Wildman–Crippen MR) is 369 cm³/mol. The molecule has 0 aromatic heterocycles. The number of nitrogens with one attached hydrogen (secondary N) is 3. The minimum atomic E-state index is -4.50. The van der Waals surface area contributed by atoms with Crippen molar-refractivity contribution in [3.63, 3.8) is 0 Å². The summed E-state index contributed by atoms with van der Waals surface area (Å²) in [7, 11) is 9.22. The van der Waals surface area contributed by atoms with Crippen LogP contribution in [-0.4, -0.2) is 275 Å². The number of rotatable bonds is 11. The van der Waals surface area contributed by atoms with Gasteiger partial charge in [0.15, 0.2) is 0 Å². The number of alkyl halides is 4. The molecule has 4 aliphatic carbocycles. The van der Waals surface area contributed by atoms with Crippen molar-refractivity contribution in [1.29, 1.82) is 0 Å². The van der Waals surface area contributed by atoms with Crippen LogP contribution in [0.4, 0.5) is 13.2 Å². The smallest absolute Gasteiger partial charge is 0.378 e. The van der Waals surface area contributed by atoms with Crippen LogP contribution in [0.5, 0.6) is 0 Å². The second-order valence-electron chi connectivity index (χ2n) is 31.0. The van der Waals surface area contributed by atoms with Crippen LogP contribution in [0.25, 0.3) is 0 Å². The molecule has 24 nitrogen and oxygen atoms in total. The van der Waals surface area contributed by atoms with Crippen molar-refractivity contribution in [3.05, 3.63) is 0 Å². The first-order chi connectivity index (χ1) is 47.3. The third-order valence-corrected chi connectivity index (χ3v) is 24.5. The van der Waals surface area contributed by atoms with Gasteiger partial charge in [0, 0.05) is 86.4 Å². The largest absolute Gasteiger partial charge is 0.393 e. The fourth-order valence-corrected chi connectivity index (χ4v) is 17.7. The Morgan fingerprint density at radius 1 is 0.640 bits per heavy atom. The molecule has 8 aliphatic rings. The van der Waals surface area contributed by atoms with Crippen LogP contribution in [0.2, 0.25) is 0 Å². The van der Waals surface area contributed by atoms with Gasteiger partial charge < -0.3 is 64.8 Å². The van der Waals surface area contributed by atoms with E-state index in [1.165, 1.54) is 55.4 Å². The molecule has 3 N–H and O–H groups in total. The molecule has 0 radical (unpaired) electrons. The summed E-state index contributed by atoms with van der Waals surface area (Å²) < 4.78 is 47.7. The lowest BCUT2D eigenvalue weighted by Crippen LogP contribution is -2.65. The maximum atomic E-state index is 15.8. The summed E-state index contributed by atoms with van der Waals surface area (Å²) in [5.74, 6) is -8.57. The minimum absolute atomic E-state index is 0.0118. The molecule has 564 valence electrons. The summed E-state index contributed by atoms with van der Waals surface area (Å²) in [6.45, 7) is 10.5. The summed E-state index contributed by atoms with van der Waals surface area (Å²) in [6, 6.07) is -9.28. The molecule has 11 amide bonds. The van der Waals surface area contributed by atoms with Gasteiger partial charge in [-0.3, -0.25) is 52.7 Å². The highest BCUT2D eigenvalue weighted by Gasteiger charge is 2.53. The Kier molecular flexibility index (Phi) is 28.0. The molecule has 4 saturated heterocycles. The quantitative estimate of drug-likeness (QED) is 0.215. The minimum Gasteiger partial charge on any atom is -0.378 e. The number of hydrogen-bond donors (Lipinski definition) is 3. The summed E-state index contributed by atoms with van der Waals surface area (Å²) in [5.41, 5.74) is -1.52. The average Bonchev–Trinajstić information content (AvgIpc) is 1.26. The lowest BCUT2D eigenvalue weighted by molar-refractivity contribution is -0.182. The molecular weight excluding hydrogens is 1320 g/mol. The first kappa shape index (κ1) is 79.9. The van der Waals surface area contributed by atoms with Crippen molar-refractivity contribution in [2.24, 2.45) is 35.5 Å². The molecule has 1 spiro atoms. The Morgan fingerprint density at radius 2 is 1.25 bits per heavy atom. The summed E-state index contributed by atoms with van der Waals surface area (Å²) in [5, 5.41) is 8.26. The van der Waals surface area contributed by atoms with Crippen molar-refractivity contribution in [1.82, 2.24) is 60.0 Å². The molecule has 4 saturated carbocycles. The van der Waals surface area contributed by atoms with Crippen molar-refractivity contribution in [2.75, 3.05) is 94.8 Å². The zero-order chi connectivity index (χ0) is 73.2. The third-order valence-electron chi connectivity index (χ3n) is 24.1. The molecule has 0 bridgehead atoms. The fourth-order valence-electron chi connectivity index (χ4n) is 17.2. The fraction of sp³-hybridized carbons (Fsp3) is 0.847. The van der Waals surface area contributed by atoms with Gasteiger partial charge in [-0.25, -0.2) is 0 Å². The number of amides is 11. The highest BCUT2D eigenvalue weighted by Crippen LogP contribution is 2.44. The van der Waals surface area contributed by atoms with Crippen LogP contribution >= 0.6 is 11.6 Å². The molecule has 0 aromatic rings. The molecule has 0 aromatic carbocycles. The van der Waals surface area contributed by atoms with E-state index >= 15 is 28.8 Å². The highest BCUT2D eigenvalue weighted by atomic mass is 35.5. The van der Waals surface area contributed by atoms with Crippen LogP contribution in [0.3, 0.4) is 0 Å². The average molecular weight is 1430 g/mol. The Hall–Kier alpha value is -5.83. The monoisotopic (exact) mass is 1430 g/mol. The molecule has 100 heavy (non-hydrogen) atoms. The van der Waals surface area contributed by atoms with Crippen molar-refractivity contribution < 1.29 is 70.6 Å². The van der Waals surface area contributed by atoms with Crippen LogP contribution in [0.15, 0.2) is 0 Å². The molecule has 3 unspecified atom stereocenters. The molecule has 28 heteroatoms. The Balaban J connectivity index is 1.16. The van der Waals surface area contributed by atoms with E-state index in [4.69, 9.17) is 16.3 Å². The number of likely N-dealkylation sites (N-methyl/N-ethyl adjacent to an activating group) is 6. The van der Waals surface area contributed by atoms with E-state index in [1.807, 2.05) is 13.8 Å². The number of morpholine rings is 1. The summed E-state index contributed by atoms with van der Waals surface area (Å²) in [6.07, 6.45) is 4.87. The molecule has 8 rings (SSSR count). The topological polar surface area (TPSA) is 262 Å². The van der Waals surface area contributed by atoms with Crippen LogP contribution in [0, 0.1) is 35.5 Å². The molecular formula is C72H116ClF3N12O12. The van der Waals surface area contributed by atoms with Gasteiger partial charge in [-0.2, -0.15) is 13.2 Å². The third kappa shape index (κ3) is 18.6. The van der Waals surface area contributed by atoms with E-state index < -0.39 is 149 Å². The van der Waals surface area contributed by atoms with Gasteiger partial charge >= 0.3 is 6.18 Å². The first-order valence-corrected chi connectivity index (χ1v) is 37.9. The van der Waals surface area contributed by atoms with Gasteiger partial charge in [-0.05, 0) is 139 Å². The van der Waals surface area contributed by atoms with E-state index in [0.717, 1.165) is 25.7 Å². The number of hydrogen-bond acceptors (Lipinski definition) is 13. The molecule has 8 fully saturated rings. The van der Waals surface area contributed by atoms with Crippen molar-refractivity contribution in [3.8, 4) is 0 Å². The van der Waals surface area contributed by atoms with Crippen molar-refractivity contribution in [2.45, 2.75) is 260 Å². The molecule has 13 atom stereocenters. The van der Waals surface area contributed by atoms with Crippen LogP contribution < -0.4 is 16.0 Å². The van der Waals surface area contributed by atoms with Crippen LogP contribution in [-0.2, 0) is 57.5 Å². The standard InChI is InChI=1S/C72H116ClF3N12O12/c1-12-45(4)59-67(96)81(7)46(5)63(92)88-35-31-55(88)65(94)84(10)60(48-20-13-14-21-48)68(97)80(6)43-57(89)78-53(30-27-47-26-29-51(52(73)40-47)72(74,75)76)64(93)87-34-19-24-54(87)62(91)79-71(32-17-18-33-71)70(99)85(11)61(49-22-15-16-23-49)69(98)83(9)56(66(95)86-36-38-100-39-37-86)41-58(90)82(8)50(42-77-59)28-25-44(2)3/h44-56,59-61,77H,12-43H2,1-11H3,(H,78,89)(H,79,91)/t45-,46-,47?,50-,51?,52?,53-,54-,55-,56-,59-,60-,61-/m0/s1. The number of ether oxygens (including phenoxy) is 1. The van der Waals surface area contributed by atoms with Gasteiger partial charge in [0.25, 0.3) is 0 Å². The second-order valence-corrected chi connectivity index (χ2v) is 31.6. The Labute approximate surface area is 595 Å². The van der Waals surface area contributed by atoms with E-state index in [1.54, 1.807) is 37.9 Å². The van der Waals surface area contributed by atoms with E-state index in [-0.39, 0.29) is 133 Å². The first-order valence-electron chi connectivity index (χ1n) is 37.4. The van der Waals surface area contributed by atoms with Gasteiger partial charge in [0.1, 0.15) is 47.8 Å². The number of halogens is 4. The predicted octanol–water partition coefficient (Wildman–Crippen LogP) is 5.56. The van der Waals surface area contributed by atoms with E-state index in [2.05, 4.69) is 29.8 Å². The lowest BCUT2D eigenvalue weighted by atomic mass is 9.78. The number of fused-ring (bicyclic) bond motifs is 2. The maximum absolute atomic E-state index is 15.8. The number of carbonyl (C=O) groups excluding carboxylic acids is 11. The van der Waals surface area contributed by atoms with Crippen molar-refractivity contribution >= 4 is 76.6 Å². The zero-order valence-corrected chi connectivity index (χ0v) is 62.1. The van der Waals surface area contributed by atoms with Crippen LogP contribution in [0.1, 0.15) is 189 Å². The van der Waals surface area contributed by atoms with E-state index in [9.17, 15) is 37.1 Å². The Bertz CT molecular complexity index is 2910. The maximum Gasteiger partial charge on any atom is 0.393 e. The summed E-state index contributed by atoms with van der Waals surface area (Å²) >= 11 is 6.41. The number of nitrogens with zero attached hydrogens (tertiary/aromatic N) is 9. The molecule has 4 aliphatic heterocycles. The van der Waals surface area contributed by atoms with Gasteiger partial charge in [-0.15, -0.1) is 11.6 Å². The van der Waals surface area contributed by atoms with Gasteiger partial charge in [-0.1, -0.05) is 72.6 Å². The van der Waals surface area contributed by atoms with E-state index in [0.29, 0.717) is 70.6 Å². The lowest BCUT2D eigenvalue weighted by Gasteiger charge is -2.45. The molecule has 4 heterocycles. The highest BCUT2D eigenvalue weighted by molar-refractivity contribution is 6.20. The number of carbonyl (C=O) groups is 11. The second kappa shape index (κ2) is 35.1. The Morgan fingerprint density at radius 3 is 1.82 bits per heavy atom. The SMILES string of the molecule is CC[C@H](C)[C@@H]1NC[C@H](CCC(C)C)N(C)C(=O)C[C@@H](C(=O)N2CCOCC2)N(C)C(=O)[C@H](C2CCCC2)N(C)C(=O)C2(CCCC2)NC(=O)[C@@H]2CCCN2C(=O)[C@H](CCC2CCC(C(F)(F)F)C(Cl)C2)NC(=O)CN(C)C(=O)[C@H](C2CCCC2)N(C)C(=O)[C@@H]2CCN2C(=O)[C@H](C)N(C)C1=O. The van der Waals surface area contributed by atoms with Gasteiger partial charge in [0.05, 0.1) is 38.1 Å². The van der Waals surface area contributed by atoms with Gasteiger partial charge in [0.2, 0.25) is 65.0 Å². The summed E-state index contributed by atoms with van der Waals surface area (Å²) in [4.78, 5) is 179.